The lowest BCUT2D eigenvalue weighted by atomic mass is 9.90. The summed E-state index contributed by atoms with van der Waals surface area (Å²) in [7, 11) is 0. The van der Waals surface area contributed by atoms with Crippen LogP contribution in [-0.2, 0) is 15.8 Å². The number of carbonyl (C=O) groups excluding carboxylic acids is 2. The van der Waals surface area contributed by atoms with Gasteiger partial charge in [0.2, 0.25) is 11.8 Å². The standard InChI is InChI=1S/C18H16ClF3N2O2/c1-17(2,15(25)23-11-6-4-3-5-7-11)16(26)24-12-8-9-14(19)13(10-12)18(20,21)22/h3-10H,1-2H3,(H,23,25)(H,24,26). The fraction of sp³-hybridized carbons (Fsp3) is 0.222. The molecule has 0 atom stereocenters. The maximum atomic E-state index is 12.9. The van der Waals surface area contributed by atoms with Crippen LogP contribution in [0.3, 0.4) is 0 Å². The van der Waals surface area contributed by atoms with Crippen molar-refractivity contribution in [1.82, 2.24) is 0 Å². The number of anilines is 2. The molecule has 0 heterocycles. The summed E-state index contributed by atoms with van der Waals surface area (Å²) < 4.78 is 38.7. The Balaban J connectivity index is 2.16. The molecule has 0 radical (unpaired) electrons. The summed E-state index contributed by atoms with van der Waals surface area (Å²) in [5.41, 5.74) is -2.19. The van der Waals surface area contributed by atoms with Crippen LogP contribution in [0.4, 0.5) is 24.5 Å². The third-order valence-corrected chi connectivity index (χ3v) is 4.03. The lowest BCUT2D eigenvalue weighted by Gasteiger charge is -2.23. The van der Waals surface area contributed by atoms with Crippen molar-refractivity contribution >= 4 is 34.8 Å². The molecule has 0 spiro atoms. The van der Waals surface area contributed by atoms with E-state index < -0.39 is 34.0 Å². The first-order valence-electron chi connectivity index (χ1n) is 7.56. The van der Waals surface area contributed by atoms with Crippen LogP contribution in [0.5, 0.6) is 0 Å². The molecule has 0 aliphatic carbocycles. The molecule has 138 valence electrons. The normalized spacial score (nSPS) is 11.8. The summed E-state index contributed by atoms with van der Waals surface area (Å²) in [6.45, 7) is 2.75. The van der Waals surface area contributed by atoms with Crippen LogP contribution in [0.15, 0.2) is 48.5 Å². The van der Waals surface area contributed by atoms with E-state index in [1.807, 2.05) is 0 Å². The topological polar surface area (TPSA) is 58.2 Å². The predicted octanol–water partition coefficient (Wildman–Crippen LogP) is 4.96. The first-order chi connectivity index (χ1) is 12.0. The zero-order valence-corrected chi connectivity index (χ0v) is 14.7. The van der Waals surface area contributed by atoms with E-state index in [9.17, 15) is 22.8 Å². The third-order valence-electron chi connectivity index (χ3n) is 3.70. The molecule has 0 aromatic heterocycles. The molecule has 0 saturated heterocycles. The molecular formula is C18H16ClF3N2O2. The van der Waals surface area contributed by atoms with Gasteiger partial charge in [-0.15, -0.1) is 0 Å². The van der Waals surface area contributed by atoms with E-state index in [4.69, 9.17) is 11.6 Å². The van der Waals surface area contributed by atoms with Crippen molar-refractivity contribution in [2.24, 2.45) is 5.41 Å². The minimum Gasteiger partial charge on any atom is -0.325 e. The summed E-state index contributed by atoms with van der Waals surface area (Å²) in [4.78, 5) is 24.8. The predicted molar refractivity (Wildman–Crippen MR) is 93.9 cm³/mol. The van der Waals surface area contributed by atoms with Crippen molar-refractivity contribution in [2.45, 2.75) is 20.0 Å². The fourth-order valence-electron chi connectivity index (χ4n) is 2.02. The Morgan fingerprint density at radius 2 is 1.42 bits per heavy atom. The minimum atomic E-state index is -4.65. The van der Waals surface area contributed by atoms with Crippen molar-refractivity contribution in [3.63, 3.8) is 0 Å². The largest absolute Gasteiger partial charge is 0.417 e. The van der Waals surface area contributed by atoms with Crippen molar-refractivity contribution in [3.8, 4) is 0 Å². The van der Waals surface area contributed by atoms with Crippen LogP contribution in [0.25, 0.3) is 0 Å². The first-order valence-corrected chi connectivity index (χ1v) is 7.94. The smallest absolute Gasteiger partial charge is 0.325 e. The Hall–Kier alpha value is -2.54. The van der Waals surface area contributed by atoms with Gasteiger partial charge in [0, 0.05) is 11.4 Å². The summed E-state index contributed by atoms with van der Waals surface area (Å²) >= 11 is 5.55. The van der Waals surface area contributed by atoms with Gasteiger partial charge in [-0.3, -0.25) is 9.59 Å². The second-order valence-corrected chi connectivity index (χ2v) is 6.50. The Labute approximate surface area is 153 Å². The zero-order valence-electron chi connectivity index (χ0n) is 13.9. The average molecular weight is 385 g/mol. The number of carbonyl (C=O) groups is 2. The van der Waals surface area contributed by atoms with Gasteiger partial charge in [-0.05, 0) is 44.2 Å². The number of rotatable bonds is 4. The Kier molecular flexibility index (Phi) is 5.61. The number of hydrogen-bond donors (Lipinski definition) is 2. The van der Waals surface area contributed by atoms with E-state index in [1.165, 1.54) is 19.9 Å². The molecule has 26 heavy (non-hydrogen) atoms. The molecular weight excluding hydrogens is 369 g/mol. The van der Waals surface area contributed by atoms with Gasteiger partial charge in [0.25, 0.3) is 0 Å². The van der Waals surface area contributed by atoms with Gasteiger partial charge < -0.3 is 10.6 Å². The highest BCUT2D eigenvalue weighted by atomic mass is 35.5. The lowest BCUT2D eigenvalue weighted by Crippen LogP contribution is -2.41. The zero-order chi connectivity index (χ0) is 19.5. The van der Waals surface area contributed by atoms with Crippen LogP contribution in [0.1, 0.15) is 19.4 Å². The molecule has 0 fully saturated rings. The Morgan fingerprint density at radius 1 is 0.885 bits per heavy atom. The maximum Gasteiger partial charge on any atom is 0.417 e. The van der Waals surface area contributed by atoms with Crippen molar-refractivity contribution in [1.29, 1.82) is 0 Å². The molecule has 4 nitrogen and oxygen atoms in total. The second kappa shape index (κ2) is 7.37. The molecule has 8 heteroatoms. The van der Waals surface area contributed by atoms with Gasteiger partial charge >= 0.3 is 6.18 Å². The van der Waals surface area contributed by atoms with Crippen molar-refractivity contribution in [2.75, 3.05) is 10.6 Å². The summed E-state index contributed by atoms with van der Waals surface area (Å²) in [5.74, 6) is -1.34. The third kappa shape index (κ3) is 4.54. The highest BCUT2D eigenvalue weighted by molar-refractivity contribution is 6.31. The molecule has 0 aliphatic heterocycles. The molecule has 2 aromatic rings. The van der Waals surface area contributed by atoms with Gasteiger partial charge in [-0.1, -0.05) is 29.8 Å². The van der Waals surface area contributed by atoms with Crippen molar-refractivity contribution in [3.05, 3.63) is 59.1 Å². The van der Waals surface area contributed by atoms with Gasteiger partial charge in [0.15, 0.2) is 0 Å². The number of para-hydroxylation sites is 1. The van der Waals surface area contributed by atoms with Crippen LogP contribution >= 0.6 is 11.6 Å². The van der Waals surface area contributed by atoms with Gasteiger partial charge in [-0.25, -0.2) is 0 Å². The van der Waals surface area contributed by atoms with Crippen molar-refractivity contribution < 1.29 is 22.8 Å². The molecule has 0 aliphatic rings. The van der Waals surface area contributed by atoms with E-state index in [2.05, 4.69) is 10.6 Å². The molecule has 2 aromatic carbocycles. The molecule has 2 amide bonds. The Bertz CT molecular complexity index is 821. The highest BCUT2D eigenvalue weighted by Crippen LogP contribution is 2.36. The monoisotopic (exact) mass is 384 g/mol. The SMILES string of the molecule is CC(C)(C(=O)Nc1ccccc1)C(=O)Nc1ccc(Cl)c(C(F)(F)F)c1. The molecule has 0 saturated carbocycles. The van der Waals surface area contributed by atoms with Gasteiger partial charge in [-0.2, -0.15) is 13.2 Å². The maximum absolute atomic E-state index is 12.9. The van der Waals surface area contributed by atoms with Crippen LogP contribution < -0.4 is 10.6 Å². The van der Waals surface area contributed by atoms with Crippen LogP contribution in [0, 0.1) is 5.41 Å². The van der Waals surface area contributed by atoms with E-state index in [0.717, 1.165) is 12.1 Å². The fourth-order valence-corrected chi connectivity index (χ4v) is 2.24. The van der Waals surface area contributed by atoms with E-state index in [-0.39, 0.29) is 5.69 Å². The first kappa shape index (κ1) is 19.8. The second-order valence-electron chi connectivity index (χ2n) is 6.09. The van der Waals surface area contributed by atoms with Crippen LogP contribution in [-0.4, -0.2) is 11.8 Å². The van der Waals surface area contributed by atoms with E-state index >= 15 is 0 Å². The van der Waals surface area contributed by atoms with E-state index in [0.29, 0.717) is 5.69 Å². The minimum absolute atomic E-state index is 0.104. The summed E-state index contributed by atoms with van der Waals surface area (Å²) in [6.07, 6.45) is -4.65. The number of benzene rings is 2. The average Bonchev–Trinajstić information content (AvgIpc) is 2.56. The number of nitrogens with one attached hydrogen (secondary N) is 2. The van der Waals surface area contributed by atoms with Crippen LogP contribution in [0.2, 0.25) is 5.02 Å². The summed E-state index contributed by atoms with van der Waals surface area (Å²) in [5, 5.41) is 4.45. The quantitative estimate of drug-likeness (QED) is 0.732. The highest BCUT2D eigenvalue weighted by Gasteiger charge is 2.37. The number of hydrogen-bond acceptors (Lipinski definition) is 2. The molecule has 0 bridgehead atoms. The van der Waals surface area contributed by atoms with Gasteiger partial charge in [0.1, 0.15) is 5.41 Å². The molecule has 2 N–H and O–H groups in total. The number of amides is 2. The lowest BCUT2D eigenvalue weighted by molar-refractivity contribution is -0.138. The summed E-state index contributed by atoms with van der Waals surface area (Å²) in [6, 6.07) is 11.5. The molecule has 2 rings (SSSR count). The van der Waals surface area contributed by atoms with Gasteiger partial charge in [0.05, 0.1) is 10.6 Å². The molecule has 0 unspecified atom stereocenters. The Morgan fingerprint density at radius 3 is 1.96 bits per heavy atom. The number of alkyl halides is 3. The van der Waals surface area contributed by atoms with E-state index in [1.54, 1.807) is 30.3 Å². The number of halogens is 4.